The second kappa shape index (κ2) is 45.8. The number of nitrogens with zero attached hydrogens (tertiary/aromatic N) is 8. The number of hydrogen-bond donors (Lipinski definition) is 0. The number of carbonyl (C=O) groups is 4. The molecule has 21 heteroatoms. The van der Waals surface area contributed by atoms with Crippen molar-refractivity contribution < 1.29 is 61.5 Å². The van der Waals surface area contributed by atoms with Gasteiger partial charge in [-0.15, -0.1) is 0 Å². The van der Waals surface area contributed by atoms with E-state index >= 15 is 0 Å². The third-order valence-corrected chi connectivity index (χ3v) is 22.7. The zero-order chi connectivity index (χ0) is 92.4. The first kappa shape index (κ1) is 93.8. The van der Waals surface area contributed by atoms with Crippen molar-refractivity contribution in [3.05, 3.63) is 360 Å². The summed E-state index contributed by atoms with van der Waals surface area (Å²) >= 11 is 0. The number of Topliss-reactive ketones (excluding diaryl/α,β-unsaturated/α-hetero) is 4. The Morgan fingerprint density at radius 1 is 0.288 bits per heavy atom. The predicted molar refractivity (Wildman–Crippen MR) is 524 cm³/mol. The number of rotatable bonds is 38. The molecule has 0 aliphatic carbocycles. The molecule has 0 N–H and O–H groups in total. The minimum absolute atomic E-state index is 0.0439. The molecule has 20 nitrogen and oxygen atoms in total. The standard InChI is InChI=1S/C28H28N2O4.2C28H30N2O3.C27H27FN2O2/c1-29(2)13-3-14-30-15-12-22-18-24(9-10-25(22)30)34-23-7-5-21(6-8-23)26(31)16-20-4-11-27-28(17-20)33-19-32-27;1-29(2)16-4-17-30-18-15-23-20-26(13-14-27(23)30)33-25-11-7-22(8-12-25)28(31)19-21-5-9-24(32-3)10-6-21;1-29(2)15-5-16-30-17-14-23-20-26(12-13-27(23)30)33-24-10-8-22(9-11-24)28(31)19-21-6-4-7-25(18-21)32-3;1-29(2)14-4-15-30-16-13-22-19-25(11-12-26(22)30)32-24-9-7-21(8-10-24)27(31)18-20-5-3-6-23(28)17-20/h4-12,15,17-18H,3,13-14,16,19H2,1-2H3;5-15,18,20H,4,16-17,19H2,1-3H3;4,6-14,17-18,20H,5,15-16,19H2,1-3H3;3,5-13,16-17,19H,4,14-15,18H2,1-2H3. The lowest BCUT2D eigenvalue weighted by atomic mass is 10.0. The van der Waals surface area contributed by atoms with Crippen molar-refractivity contribution in [2.45, 2.75) is 77.5 Å². The maximum absolute atomic E-state index is 13.3. The van der Waals surface area contributed by atoms with Gasteiger partial charge < -0.3 is 75.8 Å². The topological polar surface area (TPSA) is 175 Å². The fourth-order valence-corrected chi connectivity index (χ4v) is 15.7. The van der Waals surface area contributed by atoms with Gasteiger partial charge in [0.15, 0.2) is 34.6 Å². The summed E-state index contributed by atoms with van der Waals surface area (Å²) < 4.78 is 67.7. The highest BCUT2D eigenvalue weighted by atomic mass is 19.1. The number of fused-ring (bicyclic) bond motifs is 5. The maximum atomic E-state index is 13.3. The van der Waals surface area contributed by atoms with E-state index in [0.29, 0.717) is 75.8 Å². The van der Waals surface area contributed by atoms with Crippen LogP contribution in [0.25, 0.3) is 43.6 Å². The molecule has 16 aromatic rings. The van der Waals surface area contributed by atoms with E-state index in [1.165, 1.54) is 34.2 Å². The number of aryl methyl sites for hydroxylation is 4. The highest BCUT2D eigenvalue weighted by molar-refractivity contribution is 6.00. The van der Waals surface area contributed by atoms with Crippen LogP contribution in [-0.4, -0.2) is 165 Å². The molecule has 0 amide bonds. The van der Waals surface area contributed by atoms with Gasteiger partial charge in [0, 0.05) is 143 Å². The Hall–Kier alpha value is -14.4. The van der Waals surface area contributed by atoms with Gasteiger partial charge in [-0.2, -0.15) is 0 Å². The molecule has 0 spiro atoms. The number of ketones is 4. The zero-order valence-electron chi connectivity index (χ0n) is 76.8. The predicted octanol–water partition coefficient (Wildman–Crippen LogP) is 23.1. The molecule has 0 saturated carbocycles. The van der Waals surface area contributed by atoms with Gasteiger partial charge in [0.05, 0.1) is 14.2 Å². The van der Waals surface area contributed by atoms with E-state index in [-0.39, 0.29) is 42.2 Å². The average Bonchev–Trinajstić information content (AvgIpc) is 1.67. The summed E-state index contributed by atoms with van der Waals surface area (Å²) in [5.41, 5.74) is 10.8. The van der Waals surface area contributed by atoms with E-state index in [2.05, 4.69) is 186 Å². The second-order valence-electron chi connectivity index (χ2n) is 34.0. The van der Waals surface area contributed by atoms with E-state index in [1.54, 1.807) is 50.6 Å². The van der Waals surface area contributed by atoms with Crippen LogP contribution < -0.4 is 37.9 Å². The van der Waals surface area contributed by atoms with Crippen LogP contribution in [0.5, 0.6) is 69.0 Å². The first-order valence-corrected chi connectivity index (χ1v) is 44.6. The Morgan fingerprint density at radius 2 is 0.576 bits per heavy atom. The Bertz CT molecular complexity index is 6530. The maximum Gasteiger partial charge on any atom is 0.231 e. The van der Waals surface area contributed by atoms with E-state index < -0.39 is 0 Å². The normalized spacial score (nSPS) is 11.5. The zero-order valence-corrected chi connectivity index (χ0v) is 76.8. The smallest absolute Gasteiger partial charge is 0.231 e. The molecule has 0 bridgehead atoms. The summed E-state index contributed by atoms with van der Waals surface area (Å²) in [6.45, 7) is 8.44. The molecule has 4 aromatic heterocycles. The summed E-state index contributed by atoms with van der Waals surface area (Å²) in [7, 11) is 20.0. The molecular weight excluding hydrogens is 1660 g/mol. The molecular formula is C111H115FN8O12. The second-order valence-corrected chi connectivity index (χ2v) is 34.0. The number of halogens is 1. The first-order chi connectivity index (χ1) is 64.0. The molecule has 0 fully saturated rings. The monoisotopic (exact) mass is 1770 g/mol. The highest BCUT2D eigenvalue weighted by Crippen LogP contribution is 2.36. The SMILES string of the molecule is CN(C)CCCn1ccc2cc(Oc3ccc(C(=O)Cc4ccc5c(c4)OCO5)cc3)ccc21.CN(C)CCCn1ccc2cc(Oc3ccc(C(=O)Cc4cccc(F)c4)cc3)ccc21.COc1ccc(CC(=O)c2ccc(Oc3ccc4c(ccn4CCCN(C)C)c3)cc2)cc1.COc1cccc(CC(=O)c2ccc(Oc3ccc4c(ccn4CCCN(C)C)c3)cc2)c1. The Balaban J connectivity index is 0.000000142. The summed E-state index contributed by atoms with van der Waals surface area (Å²) in [4.78, 5) is 59.3. The molecule has 0 unspecified atom stereocenters. The van der Waals surface area contributed by atoms with Crippen molar-refractivity contribution in [1.29, 1.82) is 0 Å². The Morgan fingerprint density at radius 3 is 0.902 bits per heavy atom. The number of ether oxygens (including phenoxy) is 8. The Labute approximate surface area is 772 Å². The minimum Gasteiger partial charge on any atom is -0.497 e. The van der Waals surface area contributed by atoms with E-state index in [0.717, 1.165) is 157 Å². The van der Waals surface area contributed by atoms with Gasteiger partial charge in [0.25, 0.3) is 0 Å². The molecule has 12 aromatic carbocycles. The quantitative estimate of drug-likeness (QED) is 0.0334. The summed E-state index contributed by atoms with van der Waals surface area (Å²) in [6, 6.07) is 88.9. The van der Waals surface area contributed by atoms with Gasteiger partial charge in [0.2, 0.25) is 6.79 Å². The van der Waals surface area contributed by atoms with E-state index in [1.807, 2.05) is 170 Å². The van der Waals surface area contributed by atoms with Crippen LogP contribution in [0.2, 0.25) is 0 Å². The minimum atomic E-state index is -0.333. The third-order valence-electron chi connectivity index (χ3n) is 22.7. The van der Waals surface area contributed by atoms with Crippen molar-refractivity contribution in [2.75, 3.05) is 104 Å². The van der Waals surface area contributed by atoms with Crippen molar-refractivity contribution in [3.63, 3.8) is 0 Å². The summed E-state index contributed by atoms with van der Waals surface area (Å²) in [5, 5.41) is 4.60. The van der Waals surface area contributed by atoms with Crippen LogP contribution in [0.1, 0.15) is 89.4 Å². The number of methoxy groups -OCH3 is 2. The van der Waals surface area contributed by atoms with Crippen LogP contribution in [-0.2, 0) is 51.9 Å². The van der Waals surface area contributed by atoms with Gasteiger partial charge >= 0.3 is 0 Å². The lowest BCUT2D eigenvalue weighted by Gasteiger charge is -2.11. The largest absolute Gasteiger partial charge is 0.497 e. The van der Waals surface area contributed by atoms with Crippen molar-refractivity contribution in [1.82, 2.24) is 37.9 Å². The van der Waals surface area contributed by atoms with Crippen molar-refractivity contribution >= 4 is 66.7 Å². The van der Waals surface area contributed by atoms with Gasteiger partial charge in [-0.1, -0.05) is 42.5 Å². The van der Waals surface area contributed by atoms with Gasteiger partial charge in [-0.3, -0.25) is 19.2 Å². The number of aromatic nitrogens is 4. The van der Waals surface area contributed by atoms with Crippen LogP contribution in [0.4, 0.5) is 4.39 Å². The van der Waals surface area contributed by atoms with Gasteiger partial charge in [0.1, 0.15) is 63.3 Å². The average molecular weight is 1770 g/mol. The number of hydrogen-bond acceptors (Lipinski definition) is 16. The fraction of sp³-hybridized carbons (Fsp3) is 0.243. The molecule has 1 aliphatic rings. The summed E-state index contributed by atoms with van der Waals surface area (Å²) in [5.74, 6) is 8.61. The van der Waals surface area contributed by atoms with Crippen LogP contribution in [0, 0.1) is 5.82 Å². The van der Waals surface area contributed by atoms with Gasteiger partial charge in [-0.25, -0.2) is 4.39 Å². The molecule has 0 atom stereocenters. The lowest BCUT2D eigenvalue weighted by molar-refractivity contribution is 0.0984. The van der Waals surface area contributed by atoms with Gasteiger partial charge in [-0.05, 0) is 373 Å². The molecule has 5 heterocycles. The van der Waals surface area contributed by atoms with Crippen LogP contribution >= 0.6 is 0 Å². The number of carbonyl (C=O) groups excluding carboxylic acids is 4. The lowest BCUT2D eigenvalue weighted by Crippen LogP contribution is -2.14. The van der Waals surface area contributed by atoms with E-state index in [4.69, 9.17) is 37.9 Å². The highest BCUT2D eigenvalue weighted by Gasteiger charge is 2.19. The number of benzene rings is 12. The summed E-state index contributed by atoms with van der Waals surface area (Å²) in [6.07, 6.45) is 14.1. The van der Waals surface area contributed by atoms with E-state index in [9.17, 15) is 23.6 Å². The first-order valence-electron chi connectivity index (χ1n) is 44.6. The van der Waals surface area contributed by atoms with Crippen LogP contribution in [0.15, 0.2) is 310 Å². The Kier molecular flexibility index (Phi) is 32.5. The molecule has 1 aliphatic heterocycles. The molecule has 0 radical (unpaired) electrons. The molecule has 678 valence electrons. The third kappa shape index (κ3) is 26.7. The fourth-order valence-electron chi connectivity index (χ4n) is 15.7. The molecule has 17 rings (SSSR count). The molecule has 0 saturated heterocycles. The van der Waals surface area contributed by atoms with Crippen molar-refractivity contribution in [2.24, 2.45) is 0 Å². The van der Waals surface area contributed by atoms with Crippen molar-refractivity contribution in [3.8, 4) is 69.0 Å². The molecule has 132 heavy (non-hydrogen) atoms. The van der Waals surface area contributed by atoms with Crippen LogP contribution in [0.3, 0.4) is 0 Å².